The van der Waals surface area contributed by atoms with Crippen molar-refractivity contribution in [3.63, 3.8) is 0 Å². The van der Waals surface area contributed by atoms with Crippen LogP contribution in [0.15, 0.2) is 84.0 Å². The normalized spacial score (nSPS) is 12.4. The molecule has 0 saturated carbocycles. The lowest BCUT2D eigenvalue weighted by Gasteiger charge is -2.12. The van der Waals surface area contributed by atoms with Crippen molar-refractivity contribution in [3.8, 4) is 5.75 Å². The van der Waals surface area contributed by atoms with Crippen LogP contribution in [-0.4, -0.2) is 16.3 Å². The minimum absolute atomic E-state index is 0.193. The van der Waals surface area contributed by atoms with Gasteiger partial charge in [-0.25, -0.2) is 0 Å². The van der Waals surface area contributed by atoms with Crippen molar-refractivity contribution in [2.24, 2.45) is 4.99 Å². The molecule has 1 heterocycles. The number of aliphatic imine (C=N–C) groups is 1. The predicted octanol–water partition coefficient (Wildman–Crippen LogP) is 4.00. The number of aromatic nitrogens is 1. The van der Waals surface area contributed by atoms with Gasteiger partial charge in [0.15, 0.2) is 0 Å². The van der Waals surface area contributed by atoms with Crippen LogP contribution in [0, 0.1) is 0 Å². The highest BCUT2D eigenvalue weighted by Crippen LogP contribution is 2.24. The Kier molecular flexibility index (Phi) is 4.25. The van der Waals surface area contributed by atoms with Gasteiger partial charge in [-0.05, 0) is 29.8 Å². The van der Waals surface area contributed by atoms with Gasteiger partial charge in [0.1, 0.15) is 11.8 Å². The molecule has 1 aromatic heterocycles. The Balaban J connectivity index is 1.98. The van der Waals surface area contributed by atoms with Gasteiger partial charge < -0.3 is 5.11 Å². The Morgan fingerprint density at radius 3 is 2.32 bits per heavy atom. The fourth-order valence-electron chi connectivity index (χ4n) is 2.26. The summed E-state index contributed by atoms with van der Waals surface area (Å²) in [5, 5.41) is 9.86. The van der Waals surface area contributed by atoms with E-state index in [1.165, 1.54) is 0 Å². The van der Waals surface area contributed by atoms with E-state index in [9.17, 15) is 5.11 Å². The summed E-state index contributed by atoms with van der Waals surface area (Å²) in [4.78, 5) is 9.06. The first-order valence-electron chi connectivity index (χ1n) is 7.11. The third-order valence-corrected chi connectivity index (χ3v) is 3.38. The van der Waals surface area contributed by atoms with Gasteiger partial charge in [0.2, 0.25) is 0 Å². The molecule has 0 aliphatic rings. The van der Waals surface area contributed by atoms with Crippen LogP contribution < -0.4 is 0 Å². The average Bonchev–Trinajstić information content (AvgIpc) is 2.59. The predicted molar refractivity (Wildman–Crippen MR) is 88.2 cm³/mol. The Morgan fingerprint density at radius 1 is 0.864 bits per heavy atom. The number of pyridine rings is 1. The molecule has 0 radical (unpaired) electrons. The zero-order valence-electron chi connectivity index (χ0n) is 12.0. The standard InChI is InChI=1S/C19H16N2O/c22-18-12-5-4-10-16(18)14-21-19(15-8-2-1-3-9-15)17-11-6-7-13-20-17/h1-14,19,22H/t19-/m0/s1. The zero-order chi connectivity index (χ0) is 15.2. The van der Waals surface area contributed by atoms with E-state index in [1.807, 2.05) is 60.7 Å². The van der Waals surface area contributed by atoms with E-state index < -0.39 is 0 Å². The Bertz CT molecular complexity index is 715. The third kappa shape index (κ3) is 3.20. The average molecular weight is 288 g/mol. The third-order valence-electron chi connectivity index (χ3n) is 3.38. The van der Waals surface area contributed by atoms with Crippen LogP contribution in [0.2, 0.25) is 0 Å². The molecule has 0 saturated heterocycles. The van der Waals surface area contributed by atoms with Crippen molar-refractivity contribution < 1.29 is 5.11 Å². The molecule has 0 bridgehead atoms. The second kappa shape index (κ2) is 6.68. The summed E-state index contributed by atoms with van der Waals surface area (Å²) in [6.45, 7) is 0. The number of hydrogen-bond donors (Lipinski definition) is 1. The lowest BCUT2D eigenvalue weighted by atomic mass is 10.0. The van der Waals surface area contributed by atoms with Crippen molar-refractivity contribution in [1.82, 2.24) is 4.98 Å². The molecule has 0 aliphatic heterocycles. The van der Waals surface area contributed by atoms with Gasteiger partial charge in [0, 0.05) is 18.0 Å². The van der Waals surface area contributed by atoms with Gasteiger partial charge in [-0.15, -0.1) is 0 Å². The zero-order valence-corrected chi connectivity index (χ0v) is 12.0. The highest BCUT2D eigenvalue weighted by molar-refractivity contribution is 5.83. The number of para-hydroxylation sites is 1. The first-order valence-corrected chi connectivity index (χ1v) is 7.11. The number of hydrogen-bond acceptors (Lipinski definition) is 3. The highest BCUT2D eigenvalue weighted by atomic mass is 16.3. The van der Waals surface area contributed by atoms with E-state index >= 15 is 0 Å². The summed E-state index contributed by atoms with van der Waals surface area (Å²) in [6, 6.07) is 22.8. The lowest BCUT2D eigenvalue weighted by molar-refractivity contribution is 0.474. The largest absolute Gasteiger partial charge is 0.507 e. The number of aromatic hydroxyl groups is 1. The summed E-state index contributed by atoms with van der Waals surface area (Å²) in [6.07, 6.45) is 3.46. The second-order valence-corrected chi connectivity index (χ2v) is 4.90. The van der Waals surface area contributed by atoms with E-state index in [2.05, 4.69) is 9.98 Å². The van der Waals surface area contributed by atoms with Gasteiger partial charge in [-0.3, -0.25) is 9.98 Å². The quantitative estimate of drug-likeness (QED) is 0.738. The van der Waals surface area contributed by atoms with Gasteiger partial charge in [0.25, 0.3) is 0 Å². The van der Waals surface area contributed by atoms with Crippen molar-refractivity contribution in [1.29, 1.82) is 0 Å². The molecule has 0 spiro atoms. The minimum Gasteiger partial charge on any atom is -0.507 e. The SMILES string of the molecule is Oc1ccccc1C=N[C@@H](c1ccccc1)c1ccccn1. The summed E-state index contributed by atoms with van der Waals surface area (Å²) >= 11 is 0. The fourth-order valence-corrected chi connectivity index (χ4v) is 2.26. The Morgan fingerprint density at radius 2 is 1.59 bits per heavy atom. The van der Waals surface area contributed by atoms with Crippen LogP contribution in [0.4, 0.5) is 0 Å². The van der Waals surface area contributed by atoms with Gasteiger partial charge in [-0.2, -0.15) is 0 Å². The summed E-state index contributed by atoms with van der Waals surface area (Å²) in [5.74, 6) is 0.221. The first kappa shape index (κ1) is 14.0. The number of nitrogens with zero attached hydrogens (tertiary/aromatic N) is 2. The van der Waals surface area contributed by atoms with E-state index in [1.54, 1.807) is 24.5 Å². The number of rotatable bonds is 4. The molecule has 2 aromatic carbocycles. The molecule has 1 atom stereocenters. The van der Waals surface area contributed by atoms with E-state index in [0.717, 1.165) is 11.3 Å². The molecule has 0 unspecified atom stereocenters. The smallest absolute Gasteiger partial charge is 0.124 e. The number of phenolic OH excluding ortho intramolecular Hbond substituents is 1. The maximum absolute atomic E-state index is 9.86. The Hall–Kier alpha value is -2.94. The maximum Gasteiger partial charge on any atom is 0.124 e. The Labute approximate surface area is 129 Å². The van der Waals surface area contributed by atoms with E-state index in [4.69, 9.17) is 0 Å². The molecule has 3 heteroatoms. The molecule has 0 fully saturated rings. The van der Waals surface area contributed by atoms with Crippen LogP contribution >= 0.6 is 0 Å². The summed E-state index contributed by atoms with van der Waals surface area (Å²) in [5.41, 5.74) is 2.63. The molecule has 22 heavy (non-hydrogen) atoms. The number of phenols is 1. The van der Waals surface area contributed by atoms with E-state index in [-0.39, 0.29) is 11.8 Å². The fraction of sp³-hybridized carbons (Fsp3) is 0.0526. The molecule has 3 nitrogen and oxygen atoms in total. The van der Waals surface area contributed by atoms with Gasteiger partial charge >= 0.3 is 0 Å². The van der Waals surface area contributed by atoms with Crippen molar-refractivity contribution >= 4 is 6.21 Å². The maximum atomic E-state index is 9.86. The van der Waals surface area contributed by atoms with Gasteiger partial charge in [-0.1, -0.05) is 48.5 Å². The monoisotopic (exact) mass is 288 g/mol. The lowest BCUT2D eigenvalue weighted by Crippen LogP contribution is -2.01. The van der Waals surface area contributed by atoms with Crippen molar-refractivity contribution in [2.45, 2.75) is 6.04 Å². The van der Waals surface area contributed by atoms with Crippen LogP contribution in [0.3, 0.4) is 0 Å². The van der Waals surface area contributed by atoms with Crippen molar-refractivity contribution in [2.75, 3.05) is 0 Å². The topological polar surface area (TPSA) is 45.5 Å². The van der Waals surface area contributed by atoms with Crippen molar-refractivity contribution in [3.05, 3.63) is 95.8 Å². The molecule has 0 aliphatic carbocycles. The van der Waals surface area contributed by atoms with Crippen LogP contribution in [0.5, 0.6) is 5.75 Å². The molecular formula is C19H16N2O. The van der Waals surface area contributed by atoms with Crippen LogP contribution in [0.25, 0.3) is 0 Å². The summed E-state index contributed by atoms with van der Waals surface area (Å²) < 4.78 is 0. The molecular weight excluding hydrogens is 272 g/mol. The van der Waals surface area contributed by atoms with Gasteiger partial charge in [0.05, 0.1) is 5.69 Å². The van der Waals surface area contributed by atoms with Crippen LogP contribution in [0.1, 0.15) is 22.9 Å². The summed E-state index contributed by atoms with van der Waals surface area (Å²) in [7, 11) is 0. The molecule has 3 rings (SSSR count). The molecule has 0 amide bonds. The molecule has 3 aromatic rings. The second-order valence-electron chi connectivity index (χ2n) is 4.90. The van der Waals surface area contributed by atoms with E-state index in [0.29, 0.717) is 5.56 Å². The van der Waals surface area contributed by atoms with Crippen LogP contribution in [-0.2, 0) is 0 Å². The highest BCUT2D eigenvalue weighted by Gasteiger charge is 2.13. The molecule has 1 N–H and O–H groups in total. The minimum atomic E-state index is -0.193. The number of benzene rings is 2. The first-order chi connectivity index (χ1) is 10.8. The molecule has 108 valence electrons.